The van der Waals surface area contributed by atoms with Crippen molar-refractivity contribution in [3.05, 3.63) is 16.6 Å². The van der Waals surface area contributed by atoms with Crippen molar-refractivity contribution in [3.8, 4) is 0 Å². The third kappa shape index (κ3) is 0.494. The maximum atomic E-state index is 4.09. The number of nitrogens with zero attached hydrogens (tertiary/aromatic N) is 1. The number of fused-ring (bicyclic) bond motifs is 1. The van der Waals surface area contributed by atoms with E-state index in [9.17, 15) is 0 Å². The number of hydrogen-bond acceptors (Lipinski definition) is 2. The lowest BCUT2D eigenvalue weighted by Crippen LogP contribution is -1.68. The first-order valence-electron chi connectivity index (χ1n) is 2.89. The highest BCUT2D eigenvalue weighted by atomic mass is 32.1. The van der Waals surface area contributed by atoms with Crippen molar-refractivity contribution in [2.45, 2.75) is 19.3 Å². The summed E-state index contributed by atoms with van der Waals surface area (Å²) in [7, 11) is 0. The van der Waals surface area contributed by atoms with Crippen molar-refractivity contribution in [2.24, 2.45) is 0 Å². The van der Waals surface area contributed by atoms with Crippen LogP contribution >= 0.6 is 11.5 Å². The second kappa shape index (κ2) is 1.55. The van der Waals surface area contributed by atoms with Crippen LogP contribution in [-0.2, 0) is 12.8 Å². The number of aromatic nitrogens is 1. The summed E-state index contributed by atoms with van der Waals surface area (Å²) in [5, 5.41) is 0. The van der Waals surface area contributed by atoms with E-state index < -0.39 is 0 Å². The fourth-order valence-electron chi connectivity index (χ4n) is 1.13. The number of aryl methyl sites for hydroxylation is 2. The molecule has 1 aliphatic carbocycles. The Balaban J connectivity index is 2.54. The lowest BCUT2D eigenvalue weighted by atomic mass is 10.3. The van der Waals surface area contributed by atoms with Gasteiger partial charge in [0.05, 0.1) is 0 Å². The monoisotopic (exact) mass is 125 g/mol. The molecule has 0 unspecified atom stereocenters. The normalized spacial score (nSPS) is 16.5. The zero-order valence-corrected chi connectivity index (χ0v) is 5.37. The Bertz CT molecular complexity index is 174. The highest BCUT2D eigenvalue weighted by Crippen LogP contribution is 2.23. The molecule has 1 heterocycles. The van der Waals surface area contributed by atoms with E-state index in [0.29, 0.717) is 0 Å². The summed E-state index contributed by atoms with van der Waals surface area (Å²) >= 11 is 1.66. The van der Waals surface area contributed by atoms with Crippen LogP contribution in [0, 0.1) is 0 Å². The molecule has 0 radical (unpaired) electrons. The molecule has 1 nitrogen and oxygen atoms in total. The van der Waals surface area contributed by atoms with Crippen LogP contribution in [0.1, 0.15) is 16.9 Å². The minimum atomic E-state index is 1.27. The second-order valence-corrected chi connectivity index (χ2v) is 3.01. The summed E-state index contributed by atoms with van der Waals surface area (Å²) in [5.74, 6) is 0. The number of rotatable bonds is 0. The molecule has 8 heavy (non-hydrogen) atoms. The first-order valence-corrected chi connectivity index (χ1v) is 3.66. The molecule has 0 fully saturated rings. The van der Waals surface area contributed by atoms with Gasteiger partial charge in [0.1, 0.15) is 0 Å². The van der Waals surface area contributed by atoms with Crippen LogP contribution in [0.2, 0.25) is 0 Å². The van der Waals surface area contributed by atoms with Crippen molar-refractivity contribution >= 4 is 11.5 Å². The van der Waals surface area contributed by atoms with Gasteiger partial charge in [-0.3, -0.25) is 0 Å². The fourth-order valence-corrected chi connectivity index (χ4v) is 1.95. The predicted octanol–water partition coefficient (Wildman–Crippen LogP) is 1.63. The van der Waals surface area contributed by atoms with Gasteiger partial charge in [-0.25, -0.2) is 4.37 Å². The van der Waals surface area contributed by atoms with Crippen molar-refractivity contribution in [3.63, 3.8) is 0 Å². The maximum Gasteiger partial charge on any atom is 0.0441 e. The zero-order chi connectivity index (χ0) is 5.40. The molecule has 0 spiro atoms. The third-order valence-corrected chi connectivity index (χ3v) is 2.48. The standard InChI is InChI=1S/C6H7NS/c1-2-5-4-7-8-6(5)3-1/h4H,1-3H2. The summed E-state index contributed by atoms with van der Waals surface area (Å²) in [5.41, 5.74) is 1.50. The van der Waals surface area contributed by atoms with Crippen LogP contribution in [0.25, 0.3) is 0 Å². The molecule has 0 saturated heterocycles. The van der Waals surface area contributed by atoms with Gasteiger partial charge >= 0.3 is 0 Å². The first-order chi connectivity index (χ1) is 3.97. The molecule has 0 saturated carbocycles. The van der Waals surface area contributed by atoms with Gasteiger partial charge < -0.3 is 0 Å². The van der Waals surface area contributed by atoms with Crippen molar-refractivity contribution in [1.82, 2.24) is 4.37 Å². The molecule has 1 aromatic rings. The topological polar surface area (TPSA) is 12.9 Å². The maximum absolute atomic E-state index is 4.09. The van der Waals surface area contributed by atoms with E-state index in [1.165, 1.54) is 29.7 Å². The summed E-state index contributed by atoms with van der Waals surface area (Å²) in [4.78, 5) is 1.52. The van der Waals surface area contributed by atoms with Gasteiger partial charge in [-0.2, -0.15) is 0 Å². The van der Waals surface area contributed by atoms with Crippen LogP contribution in [0.4, 0.5) is 0 Å². The lowest BCUT2D eigenvalue weighted by molar-refractivity contribution is 0.912. The molecule has 0 aliphatic heterocycles. The number of hydrogen-bond donors (Lipinski definition) is 0. The predicted molar refractivity (Wildman–Crippen MR) is 34.1 cm³/mol. The van der Waals surface area contributed by atoms with Crippen LogP contribution in [0.5, 0.6) is 0 Å². The molecule has 0 aromatic carbocycles. The summed E-state index contributed by atoms with van der Waals surface area (Å²) < 4.78 is 4.09. The average molecular weight is 125 g/mol. The van der Waals surface area contributed by atoms with Gasteiger partial charge in [0.25, 0.3) is 0 Å². The van der Waals surface area contributed by atoms with E-state index in [-0.39, 0.29) is 0 Å². The molecule has 0 N–H and O–H groups in total. The Kier molecular flexibility index (Phi) is 0.875. The molecular formula is C6H7NS. The van der Waals surface area contributed by atoms with Crippen LogP contribution in [-0.4, -0.2) is 4.37 Å². The minimum absolute atomic E-state index is 1.27. The van der Waals surface area contributed by atoms with Gasteiger partial charge in [0.2, 0.25) is 0 Å². The second-order valence-electron chi connectivity index (χ2n) is 2.13. The Hall–Kier alpha value is -0.370. The van der Waals surface area contributed by atoms with Crippen molar-refractivity contribution in [1.29, 1.82) is 0 Å². The molecule has 0 atom stereocenters. The Morgan fingerprint density at radius 3 is 3.38 bits per heavy atom. The largest absolute Gasteiger partial charge is 0.201 e. The molecular weight excluding hydrogens is 118 g/mol. The highest BCUT2D eigenvalue weighted by molar-refractivity contribution is 7.05. The summed E-state index contributed by atoms with van der Waals surface area (Å²) in [6.07, 6.45) is 5.91. The van der Waals surface area contributed by atoms with Crippen molar-refractivity contribution < 1.29 is 0 Å². The van der Waals surface area contributed by atoms with Gasteiger partial charge in [-0.05, 0) is 36.4 Å². The van der Waals surface area contributed by atoms with E-state index in [0.717, 1.165) is 0 Å². The SMILES string of the molecule is c1nsc2c1CCC2. The molecule has 0 amide bonds. The zero-order valence-electron chi connectivity index (χ0n) is 4.55. The Morgan fingerprint density at radius 1 is 1.50 bits per heavy atom. The minimum Gasteiger partial charge on any atom is -0.201 e. The van der Waals surface area contributed by atoms with E-state index >= 15 is 0 Å². The van der Waals surface area contributed by atoms with E-state index in [2.05, 4.69) is 4.37 Å². The van der Waals surface area contributed by atoms with Gasteiger partial charge in [-0.1, -0.05) is 0 Å². The Labute approximate surface area is 52.5 Å². The summed E-state index contributed by atoms with van der Waals surface area (Å²) in [6, 6.07) is 0. The summed E-state index contributed by atoms with van der Waals surface area (Å²) in [6.45, 7) is 0. The molecule has 42 valence electrons. The molecule has 1 aromatic heterocycles. The molecule has 1 aliphatic rings. The lowest BCUT2D eigenvalue weighted by Gasteiger charge is -1.76. The molecule has 2 rings (SSSR count). The van der Waals surface area contributed by atoms with Gasteiger partial charge in [-0.15, -0.1) is 0 Å². The van der Waals surface area contributed by atoms with Crippen molar-refractivity contribution in [2.75, 3.05) is 0 Å². The van der Waals surface area contributed by atoms with Crippen LogP contribution < -0.4 is 0 Å². The smallest absolute Gasteiger partial charge is 0.0441 e. The average Bonchev–Trinajstić information content (AvgIpc) is 2.15. The Morgan fingerprint density at radius 2 is 2.50 bits per heavy atom. The quantitative estimate of drug-likeness (QED) is 0.513. The fraction of sp³-hybridized carbons (Fsp3) is 0.500. The van der Waals surface area contributed by atoms with E-state index in [1.54, 1.807) is 11.5 Å². The first kappa shape index (κ1) is 4.50. The van der Waals surface area contributed by atoms with E-state index in [1.807, 2.05) is 6.20 Å². The van der Waals surface area contributed by atoms with Crippen LogP contribution in [0.15, 0.2) is 6.20 Å². The van der Waals surface area contributed by atoms with Gasteiger partial charge in [0.15, 0.2) is 0 Å². The molecule has 0 bridgehead atoms. The highest BCUT2D eigenvalue weighted by Gasteiger charge is 2.11. The third-order valence-electron chi connectivity index (χ3n) is 1.58. The van der Waals surface area contributed by atoms with Gasteiger partial charge in [0, 0.05) is 11.1 Å². The van der Waals surface area contributed by atoms with Crippen LogP contribution in [0.3, 0.4) is 0 Å². The van der Waals surface area contributed by atoms with E-state index in [4.69, 9.17) is 0 Å². The molecule has 2 heteroatoms.